The van der Waals surface area contributed by atoms with Crippen LogP contribution in [0.15, 0.2) is 83.8 Å². The van der Waals surface area contributed by atoms with Gasteiger partial charge in [-0.15, -0.1) is 0 Å². The molecule has 0 amide bonds. The zero-order valence-corrected chi connectivity index (χ0v) is 19.2. The van der Waals surface area contributed by atoms with Crippen molar-refractivity contribution in [2.24, 2.45) is 0 Å². The van der Waals surface area contributed by atoms with Crippen molar-refractivity contribution < 1.29 is 34.8 Å². The van der Waals surface area contributed by atoms with E-state index < -0.39 is 33.4 Å². The van der Waals surface area contributed by atoms with Gasteiger partial charge < -0.3 is 0 Å². The summed E-state index contributed by atoms with van der Waals surface area (Å²) >= 11 is 0. The van der Waals surface area contributed by atoms with Crippen LogP contribution < -0.4 is 0 Å². The minimum Gasteiger partial charge on any atom is -0.228 e. The van der Waals surface area contributed by atoms with Gasteiger partial charge in [-0.2, -0.15) is 26.3 Å². The van der Waals surface area contributed by atoms with Crippen LogP contribution in [0.3, 0.4) is 0 Å². The predicted octanol–water partition coefficient (Wildman–Crippen LogP) is 6.92. The van der Waals surface area contributed by atoms with Gasteiger partial charge in [-0.3, -0.25) is 0 Å². The summed E-state index contributed by atoms with van der Waals surface area (Å²) in [5.41, 5.74) is -1.49. The topological polar surface area (TPSA) is 59.9 Å². The van der Waals surface area contributed by atoms with Crippen molar-refractivity contribution in [3.05, 3.63) is 90.1 Å². The van der Waals surface area contributed by atoms with Crippen LogP contribution in [0.25, 0.3) is 33.8 Å². The van der Waals surface area contributed by atoms with Crippen LogP contribution in [0.5, 0.6) is 0 Å². The lowest BCUT2D eigenvalue weighted by Crippen LogP contribution is -2.10. The highest BCUT2D eigenvalue weighted by molar-refractivity contribution is 7.90. The molecule has 4 nitrogen and oxygen atoms in total. The Bertz CT molecular complexity index is 1530. The highest BCUT2D eigenvalue weighted by Gasteiger charge is 2.34. The summed E-state index contributed by atoms with van der Waals surface area (Å²) in [7, 11) is -3.60. The van der Waals surface area contributed by atoms with Gasteiger partial charge >= 0.3 is 12.4 Å². The Morgan fingerprint density at radius 1 is 0.667 bits per heavy atom. The van der Waals surface area contributed by atoms with Gasteiger partial charge in [0, 0.05) is 22.9 Å². The van der Waals surface area contributed by atoms with E-state index in [0.717, 1.165) is 30.5 Å². The maximum Gasteiger partial charge on any atom is 0.433 e. The number of aromatic nitrogens is 2. The normalized spacial score (nSPS) is 12.5. The summed E-state index contributed by atoms with van der Waals surface area (Å²) < 4.78 is 104. The van der Waals surface area contributed by atoms with Gasteiger partial charge in [-0.25, -0.2) is 18.4 Å². The largest absolute Gasteiger partial charge is 0.433 e. The fraction of sp³-hybridized carbons (Fsp3) is 0.120. The van der Waals surface area contributed by atoms with Gasteiger partial charge in [0.25, 0.3) is 0 Å². The number of hydrogen-bond donors (Lipinski definition) is 0. The van der Waals surface area contributed by atoms with Crippen molar-refractivity contribution in [3.8, 4) is 33.8 Å². The van der Waals surface area contributed by atoms with Crippen LogP contribution >= 0.6 is 0 Å². The molecule has 0 atom stereocenters. The van der Waals surface area contributed by atoms with Crippen molar-refractivity contribution in [2.45, 2.75) is 17.2 Å². The van der Waals surface area contributed by atoms with Crippen molar-refractivity contribution in [1.82, 2.24) is 9.97 Å². The molecule has 4 aromatic rings. The van der Waals surface area contributed by atoms with E-state index >= 15 is 0 Å². The van der Waals surface area contributed by atoms with Crippen molar-refractivity contribution in [2.75, 3.05) is 6.26 Å². The third kappa shape index (κ3) is 5.40. The first-order valence-corrected chi connectivity index (χ1v) is 12.2. The number of benzene rings is 3. The molecule has 0 aliphatic carbocycles. The van der Waals surface area contributed by atoms with Crippen molar-refractivity contribution >= 4 is 9.84 Å². The fourth-order valence-corrected chi connectivity index (χ4v) is 4.46. The van der Waals surface area contributed by atoms with Crippen LogP contribution in [0.4, 0.5) is 26.3 Å². The Kier molecular flexibility index (Phi) is 6.38. The lowest BCUT2D eigenvalue weighted by Gasteiger charge is -2.13. The number of sulfone groups is 1. The van der Waals surface area contributed by atoms with E-state index in [0.29, 0.717) is 17.2 Å². The molecule has 0 aliphatic rings. The maximum absolute atomic E-state index is 13.6. The second-order valence-corrected chi connectivity index (χ2v) is 9.87. The Labute approximate surface area is 202 Å². The molecule has 0 unspecified atom stereocenters. The van der Waals surface area contributed by atoms with Crippen molar-refractivity contribution in [1.29, 1.82) is 0 Å². The zero-order chi connectivity index (χ0) is 26.3. The van der Waals surface area contributed by atoms with Gasteiger partial charge in [-0.05, 0) is 35.9 Å². The van der Waals surface area contributed by atoms with Gasteiger partial charge in [0.15, 0.2) is 15.7 Å². The molecular weight excluding hydrogens is 506 g/mol. The smallest absolute Gasteiger partial charge is 0.228 e. The van der Waals surface area contributed by atoms with E-state index in [-0.39, 0.29) is 27.5 Å². The molecule has 1 heterocycles. The maximum atomic E-state index is 13.6. The number of rotatable bonds is 4. The van der Waals surface area contributed by atoms with E-state index in [1.807, 2.05) is 0 Å². The minimum absolute atomic E-state index is 0.0377. The molecule has 0 bridgehead atoms. The number of alkyl halides is 6. The summed E-state index contributed by atoms with van der Waals surface area (Å²) in [6.45, 7) is 0. The summed E-state index contributed by atoms with van der Waals surface area (Å²) in [4.78, 5) is 7.84. The molecule has 186 valence electrons. The first kappa shape index (κ1) is 25.4. The summed E-state index contributed by atoms with van der Waals surface area (Å²) in [5, 5.41) is 0. The molecule has 1 aromatic heterocycles. The Hall–Kier alpha value is -3.73. The van der Waals surface area contributed by atoms with Crippen LogP contribution in [0.2, 0.25) is 0 Å². The highest BCUT2D eigenvalue weighted by Crippen LogP contribution is 2.35. The van der Waals surface area contributed by atoms with Crippen LogP contribution in [0, 0.1) is 0 Å². The minimum atomic E-state index is -4.85. The van der Waals surface area contributed by atoms with Crippen LogP contribution in [0.1, 0.15) is 11.3 Å². The molecule has 0 saturated heterocycles. The van der Waals surface area contributed by atoms with Crippen LogP contribution in [-0.4, -0.2) is 24.6 Å². The fourth-order valence-electron chi connectivity index (χ4n) is 3.55. The highest BCUT2D eigenvalue weighted by atomic mass is 32.2. The van der Waals surface area contributed by atoms with E-state index in [1.165, 1.54) is 24.3 Å². The molecular formula is C25H16F6N2O2S. The van der Waals surface area contributed by atoms with Crippen LogP contribution in [-0.2, 0) is 22.2 Å². The Morgan fingerprint density at radius 2 is 1.31 bits per heavy atom. The molecule has 36 heavy (non-hydrogen) atoms. The molecule has 4 rings (SSSR count). The average molecular weight is 522 g/mol. The number of hydrogen-bond acceptors (Lipinski definition) is 4. The van der Waals surface area contributed by atoms with E-state index in [1.54, 1.807) is 24.3 Å². The van der Waals surface area contributed by atoms with Gasteiger partial charge in [-0.1, -0.05) is 48.5 Å². The van der Waals surface area contributed by atoms with E-state index in [4.69, 9.17) is 0 Å². The van der Waals surface area contributed by atoms with E-state index in [9.17, 15) is 34.8 Å². The molecule has 11 heteroatoms. The Morgan fingerprint density at radius 3 is 1.92 bits per heavy atom. The predicted molar refractivity (Wildman–Crippen MR) is 121 cm³/mol. The molecule has 0 N–H and O–H groups in total. The standard InChI is InChI=1S/C25H16F6N2O2S/c1-36(34,35)21-8-3-2-7-19(21)16-5-4-6-17(13-16)23-32-20(14-22(33-23)25(29,30)31)15-9-11-18(12-10-15)24(26,27)28/h2-14H,1H3. The molecule has 0 saturated carbocycles. The third-order valence-electron chi connectivity index (χ3n) is 5.24. The molecule has 0 spiro atoms. The third-order valence-corrected chi connectivity index (χ3v) is 6.40. The first-order valence-electron chi connectivity index (χ1n) is 10.3. The lowest BCUT2D eigenvalue weighted by atomic mass is 10.0. The quantitative estimate of drug-likeness (QED) is 0.273. The number of nitrogens with zero attached hydrogens (tertiary/aromatic N) is 2. The average Bonchev–Trinajstić information content (AvgIpc) is 2.82. The first-order chi connectivity index (χ1) is 16.7. The second-order valence-electron chi connectivity index (χ2n) is 7.88. The van der Waals surface area contributed by atoms with E-state index in [2.05, 4.69) is 9.97 Å². The second kappa shape index (κ2) is 9.05. The summed E-state index contributed by atoms with van der Waals surface area (Å²) in [6.07, 6.45) is -8.41. The monoisotopic (exact) mass is 522 g/mol. The number of halogens is 6. The van der Waals surface area contributed by atoms with Gasteiger partial charge in [0.05, 0.1) is 16.2 Å². The summed E-state index contributed by atoms with van der Waals surface area (Å²) in [6, 6.07) is 16.4. The molecule has 0 radical (unpaired) electrons. The molecule has 0 fully saturated rings. The Balaban J connectivity index is 1.86. The van der Waals surface area contributed by atoms with Gasteiger partial charge in [0.2, 0.25) is 0 Å². The SMILES string of the molecule is CS(=O)(=O)c1ccccc1-c1cccc(-c2nc(-c3ccc(C(F)(F)F)cc3)cc(C(F)(F)F)n2)c1. The molecule has 3 aromatic carbocycles. The molecule has 0 aliphatic heterocycles. The lowest BCUT2D eigenvalue weighted by molar-refractivity contribution is -0.141. The van der Waals surface area contributed by atoms with Crippen molar-refractivity contribution in [3.63, 3.8) is 0 Å². The zero-order valence-electron chi connectivity index (χ0n) is 18.4. The van der Waals surface area contributed by atoms with Gasteiger partial charge in [0.1, 0.15) is 5.69 Å². The summed E-state index contributed by atoms with van der Waals surface area (Å²) in [5.74, 6) is -0.321.